The number of benzene rings is 2. The molecule has 1 aromatic heterocycles. The van der Waals surface area contributed by atoms with Gasteiger partial charge in [0.25, 0.3) is 5.91 Å². The zero-order valence-electron chi connectivity index (χ0n) is 19.5. The number of aromatic nitrogens is 2. The smallest absolute Gasteiger partial charge is 0.262 e. The van der Waals surface area contributed by atoms with Crippen LogP contribution in [0.25, 0.3) is 23.0 Å². The van der Waals surface area contributed by atoms with Crippen molar-refractivity contribution < 1.29 is 14.3 Å². The Bertz CT molecular complexity index is 1240. The molecule has 0 aliphatic carbocycles. The monoisotopic (exact) mass is 490 g/mol. The Kier molecular flexibility index (Phi) is 8.19. The van der Waals surface area contributed by atoms with E-state index in [4.69, 9.17) is 26.2 Å². The second-order valence-electron chi connectivity index (χ2n) is 8.22. The molecular formula is C27H27ClN4O3. The number of carbonyl (C=O) groups excluding carboxylic acids is 1. The average Bonchev–Trinajstić information content (AvgIpc) is 3.56. The number of hydrogen-bond donors (Lipinski definition) is 1. The third-order valence-corrected chi connectivity index (χ3v) is 5.90. The van der Waals surface area contributed by atoms with E-state index in [0.717, 1.165) is 30.5 Å². The minimum absolute atomic E-state index is 0.00846. The molecule has 0 bridgehead atoms. The lowest BCUT2D eigenvalue weighted by Crippen LogP contribution is -2.32. The molecule has 1 atom stereocenters. The van der Waals surface area contributed by atoms with Gasteiger partial charge in [0.05, 0.1) is 23.4 Å². The predicted molar refractivity (Wildman–Crippen MR) is 135 cm³/mol. The molecule has 2 aromatic carbocycles. The molecule has 180 valence electrons. The van der Waals surface area contributed by atoms with Crippen LogP contribution in [0.1, 0.15) is 31.7 Å². The van der Waals surface area contributed by atoms with Crippen LogP contribution in [0.5, 0.6) is 5.75 Å². The first-order valence-electron chi connectivity index (χ1n) is 11.7. The molecule has 0 saturated carbocycles. The Labute approximate surface area is 209 Å². The Hall–Kier alpha value is -3.60. The zero-order valence-corrected chi connectivity index (χ0v) is 20.3. The molecule has 1 unspecified atom stereocenters. The van der Waals surface area contributed by atoms with Crippen LogP contribution in [0, 0.1) is 11.3 Å². The van der Waals surface area contributed by atoms with E-state index < -0.39 is 5.91 Å². The molecule has 1 N–H and O–H groups in total. The van der Waals surface area contributed by atoms with Crippen molar-refractivity contribution in [1.82, 2.24) is 15.1 Å². The molecule has 1 fully saturated rings. The molecule has 1 amide bonds. The SMILES string of the molecule is CCCOc1ccc(-c2nn(-c3ccccc3)cc2/C=C(/C#N)C(=O)NCC2CCCO2)cc1Cl. The predicted octanol–water partition coefficient (Wildman–Crippen LogP) is 5.18. The number of carbonyl (C=O) groups is 1. The summed E-state index contributed by atoms with van der Waals surface area (Å²) >= 11 is 6.47. The van der Waals surface area contributed by atoms with Crippen LogP contribution in [0.15, 0.2) is 60.3 Å². The van der Waals surface area contributed by atoms with Gasteiger partial charge in [-0.1, -0.05) is 36.7 Å². The first-order valence-corrected chi connectivity index (χ1v) is 12.1. The van der Waals surface area contributed by atoms with E-state index in [9.17, 15) is 10.1 Å². The van der Waals surface area contributed by atoms with Crippen molar-refractivity contribution in [3.8, 4) is 28.8 Å². The molecule has 1 aliphatic rings. The molecular weight excluding hydrogens is 464 g/mol. The summed E-state index contributed by atoms with van der Waals surface area (Å²) < 4.78 is 13.0. The van der Waals surface area contributed by atoms with Gasteiger partial charge >= 0.3 is 0 Å². The largest absolute Gasteiger partial charge is 0.492 e. The zero-order chi connectivity index (χ0) is 24.6. The highest BCUT2D eigenvalue weighted by Crippen LogP contribution is 2.32. The summed E-state index contributed by atoms with van der Waals surface area (Å²) in [6.07, 6.45) is 6.10. The van der Waals surface area contributed by atoms with Gasteiger partial charge in [-0.2, -0.15) is 10.4 Å². The Balaban J connectivity index is 1.68. The minimum atomic E-state index is -0.442. The number of hydrogen-bond acceptors (Lipinski definition) is 5. The molecule has 0 radical (unpaired) electrons. The van der Waals surface area contributed by atoms with Crippen molar-refractivity contribution in [2.45, 2.75) is 32.3 Å². The quantitative estimate of drug-likeness (QED) is 0.329. The second kappa shape index (κ2) is 11.7. The molecule has 8 heteroatoms. The molecule has 1 aliphatic heterocycles. The number of nitrogens with zero attached hydrogens (tertiary/aromatic N) is 3. The van der Waals surface area contributed by atoms with Crippen molar-refractivity contribution in [2.24, 2.45) is 0 Å². The van der Waals surface area contributed by atoms with E-state index in [1.807, 2.05) is 55.5 Å². The third-order valence-electron chi connectivity index (χ3n) is 5.61. The van der Waals surface area contributed by atoms with Gasteiger partial charge in [0.2, 0.25) is 0 Å². The van der Waals surface area contributed by atoms with Crippen LogP contribution >= 0.6 is 11.6 Å². The van der Waals surface area contributed by atoms with Crippen molar-refractivity contribution in [2.75, 3.05) is 19.8 Å². The highest BCUT2D eigenvalue weighted by Gasteiger charge is 2.19. The van der Waals surface area contributed by atoms with Crippen LogP contribution in [0.2, 0.25) is 5.02 Å². The van der Waals surface area contributed by atoms with E-state index in [1.54, 1.807) is 23.0 Å². The third kappa shape index (κ3) is 6.10. The van der Waals surface area contributed by atoms with Crippen molar-refractivity contribution in [3.05, 3.63) is 70.9 Å². The number of ether oxygens (including phenoxy) is 2. The summed E-state index contributed by atoms with van der Waals surface area (Å²) in [6.45, 7) is 3.68. The number of halogens is 1. The summed E-state index contributed by atoms with van der Waals surface area (Å²) in [5, 5.41) is 17.8. The first kappa shape index (κ1) is 24.5. The van der Waals surface area contributed by atoms with Crippen LogP contribution in [-0.4, -0.2) is 41.6 Å². The van der Waals surface area contributed by atoms with Crippen LogP contribution in [-0.2, 0) is 9.53 Å². The standard InChI is InChI=1S/C27H27ClN4O3/c1-2-12-35-25-11-10-19(15-24(25)28)26-21(18-32(31-26)22-7-4-3-5-8-22)14-20(16-29)27(33)30-17-23-9-6-13-34-23/h3-5,7-8,10-11,14-15,18,23H,2,6,9,12-13,17H2,1H3,(H,30,33)/b20-14-. The first-order chi connectivity index (χ1) is 17.1. The maximum atomic E-state index is 12.7. The van der Waals surface area contributed by atoms with Gasteiger partial charge in [-0.3, -0.25) is 4.79 Å². The summed E-state index contributed by atoms with van der Waals surface area (Å²) in [4.78, 5) is 12.7. The van der Waals surface area contributed by atoms with Gasteiger partial charge in [-0.25, -0.2) is 4.68 Å². The number of para-hydroxylation sites is 1. The van der Waals surface area contributed by atoms with E-state index in [0.29, 0.717) is 41.8 Å². The lowest BCUT2D eigenvalue weighted by atomic mass is 10.1. The minimum Gasteiger partial charge on any atom is -0.492 e. The van der Waals surface area contributed by atoms with Gasteiger partial charge in [0.1, 0.15) is 23.1 Å². The number of nitriles is 1. The Morgan fingerprint density at radius 3 is 2.86 bits per heavy atom. The molecule has 0 spiro atoms. The van der Waals surface area contributed by atoms with E-state index in [-0.39, 0.29) is 11.7 Å². The molecule has 3 aromatic rings. The lowest BCUT2D eigenvalue weighted by Gasteiger charge is -2.10. The van der Waals surface area contributed by atoms with Crippen molar-refractivity contribution in [3.63, 3.8) is 0 Å². The van der Waals surface area contributed by atoms with Gasteiger partial charge in [0.15, 0.2) is 0 Å². The maximum Gasteiger partial charge on any atom is 0.262 e. The Morgan fingerprint density at radius 1 is 1.34 bits per heavy atom. The fraction of sp³-hybridized carbons (Fsp3) is 0.296. The normalized spacial score (nSPS) is 15.6. The Morgan fingerprint density at radius 2 is 2.17 bits per heavy atom. The van der Waals surface area contributed by atoms with Crippen molar-refractivity contribution >= 4 is 23.6 Å². The number of nitrogens with one attached hydrogen (secondary N) is 1. The highest BCUT2D eigenvalue weighted by molar-refractivity contribution is 6.32. The molecule has 1 saturated heterocycles. The van der Waals surface area contributed by atoms with E-state index >= 15 is 0 Å². The summed E-state index contributed by atoms with van der Waals surface area (Å²) in [5.41, 5.74) is 2.81. The van der Waals surface area contributed by atoms with Crippen LogP contribution < -0.4 is 10.1 Å². The van der Waals surface area contributed by atoms with E-state index in [2.05, 4.69) is 5.32 Å². The van der Waals surface area contributed by atoms with Gasteiger partial charge in [-0.15, -0.1) is 0 Å². The van der Waals surface area contributed by atoms with Gasteiger partial charge in [-0.05, 0) is 55.7 Å². The molecule has 4 rings (SSSR count). The fourth-order valence-corrected chi connectivity index (χ4v) is 4.05. The summed E-state index contributed by atoms with van der Waals surface area (Å²) in [5.74, 6) is 0.158. The summed E-state index contributed by atoms with van der Waals surface area (Å²) in [7, 11) is 0. The van der Waals surface area contributed by atoms with Gasteiger partial charge in [0, 0.05) is 30.5 Å². The van der Waals surface area contributed by atoms with Crippen LogP contribution in [0.4, 0.5) is 0 Å². The summed E-state index contributed by atoms with van der Waals surface area (Å²) in [6, 6.07) is 17.1. The number of amides is 1. The highest BCUT2D eigenvalue weighted by atomic mass is 35.5. The molecule has 7 nitrogen and oxygen atoms in total. The maximum absolute atomic E-state index is 12.7. The van der Waals surface area contributed by atoms with Gasteiger partial charge < -0.3 is 14.8 Å². The van der Waals surface area contributed by atoms with Crippen LogP contribution in [0.3, 0.4) is 0 Å². The van der Waals surface area contributed by atoms with Crippen molar-refractivity contribution in [1.29, 1.82) is 5.26 Å². The molecule has 2 heterocycles. The number of rotatable bonds is 9. The fourth-order valence-electron chi connectivity index (χ4n) is 3.82. The van der Waals surface area contributed by atoms with E-state index in [1.165, 1.54) is 0 Å². The topological polar surface area (TPSA) is 89.2 Å². The second-order valence-corrected chi connectivity index (χ2v) is 8.63. The molecule has 35 heavy (non-hydrogen) atoms. The average molecular weight is 491 g/mol. The lowest BCUT2D eigenvalue weighted by molar-refractivity contribution is -0.117.